The lowest BCUT2D eigenvalue weighted by atomic mass is 9.74. The molecule has 1 fully saturated rings. The molecular weight excluding hydrogens is 349 g/mol. The molecule has 0 spiro atoms. The quantitative estimate of drug-likeness (QED) is 0.771. The van der Waals surface area contributed by atoms with E-state index < -0.39 is 6.09 Å². The van der Waals surface area contributed by atoms with E-state index in [0.29, 0.717) is 19.4 Å². The van der Waals surface area contributed by atoms with Gasteiger partial charge in [0.1, 0.15) is 5.82 Å². The van der Waals surface area contributed by atoms with Crippen LogP contribution < -0.4 is 0 Å². The summed E-state index contributed by atoms with van der Waals surface area (Å²) < 4.78 is 18.5. The summed E-state index contributed by atoms with van der Waals surface area (Å²) in [7, 11) is 0. The highest BCUT2D eigenvalue weighted by atomic mass is 19.1. The fourth-order valence-corrected chi connectivity index (χ4v) is 3.81. The SMILES string of the molecule is CCOC(=O)CC(=C1CCCN(C(=O)O)C1C(C)(C)C)c1ccc(F)cc1. The molecule has 0 aromatic heterocycles. The van der Waals surface area contributed by atoms with Crippen LogP contribution in [0.1, 0.15) is 52.5 Å². The molecule has 1 unspecified atom stereocenters. The van der Waals surface area contributed by atoms with Gasteiger partial charge in [-0.2, -0.15) is 0 Å². The van der Waals surface area contributed by atoms with Crippen LogP contribution in [0.5, 0.6) is 0 Å². The maximum absolute atomic E-state index is 13.4. The number of likely N-dealkylation sites (tertiary alicyclic amines) is 1. The number of carbonyl (C=O) groups excluding carboxylic acids is 1. The Bertz CT molecular complexity index is 719. The van der Waals surface area contributed by atoms with Crippen molar-refractivity contribution >= 4 is 17.6 Å². The van der Waals surface area contributed by atoms with Crippen molar-refractivity contribution in [3.63, 3.8) is 0 Å². The lowest BCUT2D eigenvalue weighted by molar-refractivity contribution is -0.141. The number of amides is 1. The summed E-state index contributed by atoms with van der Waals surface area (Å²) in [6.45, 7) is 8.45. The standard InChI is InChI=1S/C21H28FNO4/c1-5-27-18(24)13-17(14-8-10-15(22)11-9-14)16-7-6-12-23(20(25)26)19(16)21(2,3)4/h8-11,19H,5-7,12-13H2,1-4H3,(H,25,26). The summed E-state index contributed by atoms with van der Waals surface area (Å²) >= 11 is 0. The van der Waals surface area contributed by atoms with Gasteiger partial charge in [0.15, 0.2) is 0 Å². The molecule has 1 aliphatic rings. The molecule has 148 valence electrons. The molecule has 1 heterocycles. The maximum Gasteiger partial charge on any atom is 0.407 e. The van der Waals surface area contributed by atoms with Crippen LogP contribution >= 0.6 is 0 Å². The van der Waals surface area contributed by atoms with Gasteiger partial charge in [-0.05, 0) is 54.0 Å². The number of esters is 1. The summed E-state index contributed by atoms with van der Waals surface area (Å²) in [6.07, 6.45) is 0.440. The highest BCUT2D eigenvalue weighted by molar-refractivity contribution is 5.87. The van der Waals surface area contributed by atoms with Crippen molar-refractivity contribution in [1.82, 2.24) is 4.90 Å². The number of carboxylic acid groups (broad SMARTS) is 1. The van der Waals surface area contributed by atoms with Gasteiger partial charge in [0.05, 0.1) is 19.1 Å². The van der Waals surface area contributed by atoms with Gasteiger partial charge in [0.25, 0.3) is 0 Å². The van der Waals surface area contributed by atoms with Gasteiger partial charge in [-0.1, -0.05) is 32.9 Å². The average molecular weight is 377 g/mol. The fraction of sp³-hybridized carbons (Fsp3) is 0.524. The maximum atomic E-state index is 13.4. The van der Waals surface area contributed by atoms with Crippen molar-refractivity contribution in [2.45, 2.75) is 53.0 Å². The normalized spacial score (nSPS) is 19.6. The molecule has 1 amide bonds. The summed E-state index contributed by atoms with van der Waals surface area (Å²) in [4.78, 5) is 25.5. The zero-order chi connectivity index (χ0) is 20.2. The largest absolute Gasteiger partial charge is 0.466 e. The molecule has 1 atom stereocenters. The third-order valence-electron chi connectivity index (χ3n) is 4.76. The molecule has 27 heavy (non-hydrogen) atoms. The monoisotopic (exact) mass is 377 g/mol. The van der Waals surface area contributed by atoms with Crippen molar-refractivity contribution < 1.29 is 23.8 Å². The molecule has 1 aromatic carbocycles. The lowest BCUT2D eigenvalue weighted by Gasteiger charge is -2.44. The number of rotatable bonds is 4. The molecule has 0 radical (unpaired) electrons. The van der Waals surface area contributed by atoms with E-state index in [1.165, 1.54) is 17.0 Å². The summed E-state index contributed by atoms with van der Waals surface area (Å²) in [5, 5.41) is 9.71. The van der Waals surface area contributed by atoms with E-state index in [9.17, 15) is 19.1 Å². The molecule has 0 bridgehead atoms. The number of hydrogen-bond acceptors (Lipinski definition) is 3. The first-order valence-electron chi connectivity index (χ1n) is 9.28. The number of halogens is 1. The van der Waals surface area contributed by atoms with Gasteiger partial charge >= 0.3 is 12.1 Å². The number of nitrogens with zero attached hydrogens (tertiary/aromatic N) is 1. The van der Waals surface area contributed by atoms with E-state index in [1.807, 2.05) is 20.8 Å². The smallest absolute Gasteiger partial charge is 0.407 e. The van der Waals surface area contributed by atoms with Crippen molar-refractivity contribution in [3.8, 4) is 0 Å². The average Bonchev–Trinajstić information content (AvgIpc) is 2.59. The Hall–Kier alpha value is -2.37. The molecule has 1 N–H and O–H groups in total. The van der Waals surface area contributed by atoms with Gasteiger partial charge in [-0.25, -0.2) is 9.18 Å². The van der Waals surface area contributed by atoms with Gasteiger partial charge in [-0.15, -0.1) is 0 Å². The Balaban J connectivity index is 2.62. The molecular formula is C21H28FNO4. The van der Waals surface area contributed by atoms with Gasteiger partial charge in [0, 0.05) is 6.54 Å². The highest BCUT2D eigenvalue weighted by Crippen LogP contribution is 2.40. The predicted molar refractivity (Wildman–Crippen MR) is 102 cm³/mol. The second-order valence-corrected chi connectivity index (χ2v) is 7.84. The van der Waals surface area contributed by atoms with Crippen LogP contribution in [0.25, 0.3) is 5.57 Å². The molecule has 2 rings (SSSR count). The van der Waals surface area contributed by atoms with Gasteiger partial charge in [-0.3, -0.25) is 4.79 Å². The molecule has 1 aromatic rings. The van der Waals surface area contributed by atoms with Crippen LogP contribution in [0.3, 0.4) is 0 Å². The van der Waals surface area contributed by atoms with Crippen molar-refractivity contribution in [1.29, 1.82) is 0 Å². The van der Waals surface area contributed by atoms with Crippen LogP contribution in [0, 0.1) is 11.2 Å². The fourth-order valence-electron chi connectivity index (χ4n) is 3.81. The molecule has 0 aliphatic carbocycles. The van der Waals surface area contributed by atoms with E-state index in [-0.39, 0.29) is 36.3 Å². The number of benzene rings is 1. The number of piperidine rings is 1. The summed E-state index contributed by atoms with van der Waals surface area (Å²) in [6, 6.07) is 5.61. The minimum absolute atomic E-state index is 0.0366. The van der Waals surface area contributed by atoms with Crippen LogP contribution in [0.4, 0.5) is 9.18 Å². The van der Waals surface area contributed by atoms with Crippen molar-refractivity contribution in [2.24, 2.45) is 5.41 Å². The minimum Gasteiger partial charge on any atom is -0.466 e. The van der Waals surface area contributed by atoms with E-state index in [4.69, 9.17) is 4.74 Å². The molecule has 6 heteroatoms. The molecule has 1 saturated heterocycles. The Morgan fingerprint density at radius 3 is 2.41 bits per heavy atom. The Morgan fingerprint density at radius 1 is 1.26 bits per heavy atom. The first-order valence-corrected chi connectivity index (χ1v) is 9.28. The van der Waals surface area contributed by atoms with Crippen LogP contribution in [-0.2, 0) is 9.53 Å². The lowest BCUT2D eigenvalue weighted by Crippen LogP contribution is -2.51. The van der Waals surface area contributed by atoms with E-state index in [0.717, 1.165) is 16.7 Å². The zero-order valence-electron chi connectivity index (χ0n) is 16.4. The summed E-state index contributed by atoms with van der Waals surface area (Å²) in [5.74, 6) is -0.730. The van der Waals surface area contributed by atoms with E-state index in [2.05, 4.69) is 0 Å². The van der Waals surface area contributed by atoms with Crippen LogP contribution in [0.15, 0.2) is 29.8 Å². The number of carbonyl (C=O) groups is 2. The zero-order valence-corrected chi connectivity index (χ0v) is 16.4. The van der Waals surface area contributed by atoms with Gasteiger partial charge < -0.3 is 14.7 Å². The van der Waals surface area contributed by atoms with Crippen LogP contribution in [0.2, 0.25) is 0 Å². The topological polar surface area (TPSA) is 66.8 Å². The van der Waals surface area contributed by atoms with Crippen molar-refractivity contribution in [2.75, 3.05) is 13.2 Å². The third-order valence-corrected chi connectivity index (χ3v) is 4.76. The van der Waals surface area contributed by atoms with Gasteiger partial charge in [0.2, 0.25) is 0 Å². The highest BCUT2D eigenvalue weighted by Gasteiger charge is 2.40. The Kier molecular flexibility index (Phi) is 6.63. The second-order valence-electron chi connectivity index (χ2n) is 7.84. The first-order chi connectivity index (χ1) is 12.6. The molecule has 5 nitrogen and oxygen atoms in total. The van der Waals surface area contributed by atoms with E-state index in [1.54, 1.807) is 19.1 Å². The number of hydrogen-bond donors (Lipinski definition) is 1. The molecule has 0 saturated carbocycles. The van der Waals surface area contributed by atoms with Crippen LogP contribution in [-0.4, -0.2) is 41.3 Å². The minimum atomic E-state index is -0.971. The summed E-state index contributed by atoms with van der Waals surface area (Å²) in [5.41, 5.74) is 2.02. The Labute approximate surface area is 159 Å². The first kappa shape index (κ1) is 20.9. The molecule has 1 aliphatic heterocycles. The Morgan fingerprint density at radius 2 is 1.89 bits per heavy atom. The second kappa shape index (κ2) is 8.55. The number of ether oxygens (including phenoxy) is 1. The third kappa shape index (κ3) is 5.08. The van der Waals surface area contributed by atoms with E-state index >= 15 is 0 Å². The van der Waals surface area contributed by atoms with Crippen molar-refractivity contribution in [3.05, 3.63) is 41.2 Å². The predicted octanol–water partition coefficient (Wildman–Crippen LogP) is 4.72.